The monoisotopic (exact) mass is 449 g/mol. The highest BCUT2D eigenvalue weighted by Crippen LogP contribution is 2.50. The number of ether oxygens (including phenoxy) is 1. The van der Waals surface area contributed by atoms with Crippen molar-refractivity contribution in [3.8, 4) is 0 Å². The van der Waals surface area contributed by atoms with Gasteiger partial charge in [0.15, 0.2) is 0 Å². The summed E-state index contributed by atoms with van der Waals surface area (Å²) in [6, 6.07) is 9.94. The van der Waals surface area contributed by atoms with Crippen molar-refractivity contribution in [2.75, 3.05) is 0 Å². The van der Waals surface area contributed by atoms with Crippen LogP contribution in [0.1, 0.15) is 46.1 Å². The highest BCUT2D eigenvalue weighted by molar-refractivity contribution is 5.94. The maximum atomic E-state index is 13.6. The molecule has 3 aliphatic rings. The van der Waals surface area contributed by atoms with Crippen LogP contribution < -0.4 is 5.32 Å². The molecule has 0 aromatic heterocycles. The molecule has 7 atom stereocenters. The predicted octanol–water partition coefficient (Wildman–Crippen LogP) is 4.13. The van der Waals surface area contributed by atoms with Crippen molar-refractivity contribution in [3.05, 3.63) is 71.8 Å². The van der Waals surface area contributed by atoms with Crippen molar-refractivity contribution >= 4 is 11.9 Å². The Bertz CT molecular complexity index is 992. The molecule has 2 heterocycles. The molecule has 1 fully saturated rings. The molecule has 1 aromatic carbocycles. The topological polar surface area (TPSA) is 75.6 Å². The number of rotatable bonds is 2. The summed E-state index contributed by atoms with van der Waals surface area (Å²) in [4.78, 5) is 26.7. The summed E-state index contributed by atoms with van der Waals surface area (Å²) >= 11 is 0. The van der Waals surface area contributed by atoms with Crippen molar-refractivity contribution in [2.24, 2.45) is 23.7 Å². The van der Waals surface area contributed by atoms with E-state index in [1.165, 1.54) is 17.7 Å². The molecule has 1 spiro atoms. The highest BCUT2D eigenvalue weighted by Gasteiger charge is 2.64. The van der Waals surface area contributed by atoms with E-state index >= 15 is 0 Å². The summed E-state index contributed by atoms with van der Waals surface area (Å²) in [6.07, 6.45) is 10.9. The molecular weight excluding hydrogens is 414 g/mol. The van der Waals surface area contributed by atoms with Gasteiger partial charge >= 0.3 is 5.97 Å². The van der Waals surface area contributed by atoms with Gasteiger partial charge in [-0.25, -0.2) is 4.79 Å². The normalized spacial score (nSPS) is 40.8. The molecule has 0 unspecified atom stereocenters. The van der Waals surface area contributed by atoms with Crippen LogP contribution in [0.2, 0.25) is 0 Å². The molecule has 1 amide bonds. The van der Waals surface area contributed by atoms with Gasteiger partial charge in [0.25, 0.3) is 5.91 Å². The van der Waals surface area contributed by atoms with Crippen LogP contribution in [0.25, 0.3) is 0 Å². The number of hydrogen-bond donors (Lipinski definition) is 2. The Kier molecular flexibility index (Phi) is 6.37. The lowest BCUT2D eigenvalue weighted by molar-refractivity contribution is -0.172. The Balaban J connectivity index is 1.78. The molecule has 5 nitrogen and oxygen atoms in total. The molecule has 1 aromatic rings. The third-order valence-corrected chi connectivity index (χ3v) is 7.58. The van der Waals surface area contributed by atoms with Gasteiger partial charge in [-0.2, -0.15) is 0 Å². The van der Waals surface area contributed by atoms with Crippen LogP contribution in [0, 0.1) is 23.7 Å². The summed E-state index contributed by atoms with van der Waals surface area (Å²) in [5, 5.41) is 13.9. The minimum absolute atomic E-state index is 0.0639. The van der Waals surface area contributed by atoms with Crippen LogP contribution in [-0.2, 0) is 20.7 Å². The lowest BCUT2D eigenvalue weighted by Gasteiger charge is -2.44. The molecule has 33 heavy (non-hydrogen) atoms. The van der Waals surface area contributed by atoms with E-state index in [-0.39, 0.29) is 35.6 Å². The molecule has 0 radical (unpaired) electrons. The summed E-state index contributed by atoms with van der Waals surface area (Å²) in [6.45, 7) is 7.99. The first-order valence-electron chi connectivity index (χ1n) is 12.0. The lowest BCUT2D eigenvalue weighted by atomic mass is 9.63. The fraction of sp³-hybridized carbons (Fsp3) is 0.500. The van der Waals surface area contributed by atoms with Crippen LogP contribution in [0.15, 0.2) is 66.3 Å². The summed E-state index contributed by atoms with van der Waals surface area (Å²) in [5.41, 5.74) is -0.0958. The third-order valence-electron chi connectivity index (χ3n) is 7.58. The van der Waals surface area contributed by atoms with Crippen molar-refractivity contribution in [3.63, 3.8) is 0 Å². The Labute approximate surface area is 196 Å². The summed E-state index contributed by atoms with van der Waals surface area (Å²) in [7, 11) is 0. The predicted molar refractivity (Wildman–Crippen MR) is 128 cm³/mol. The first-order chi connectivity index (χ1) is 15.6. The Morgan fingerprint density at radius 3 is 2.64 bits per heavy atom. The van der Waals surface area contributed by atoms with Crippen LogP contribution in [0.5, 0.6) is 0 Å². The number of amides is 1. The Hall–Kier alpha value is -2.66. The van der Waals surface area contributed by atoms with E-state index in [0.29, 0.717) is 12.8 Å². The number of benzene rings is 1. The smallest absolute Gasteiger partial charge is 0.331 e. The van der Waals surface area contributed by atoms with Crippen LogP contribution >= 0.6 is 0 Å². The number of nitrogens with one attached hydrogen (secondary N) is 1. The average molecular weight is 450 g/mol. The van der Waals surface area contributed by atoms with Gasteiger partial charge in [-0.05, 0) is 56.6 Å². The van der Waals surface area contributed by atoms with E-state index in [9.17, 15) is 14.7 Å². The first kappa shape index (κ1) is 23.5. The van der Waals surface area contributed by atoms with Gasteiger partial charge in [-0.15, -0.1) is 0 Å². The van der Waals surface area contributed by atoms with E-state index in [2.05, 4.69) is 50.4 Å². The largest absolute Gasteiger partial charge is 0.444 e. The van der Waals surface area contributed by atoms with E-state index in [0.717, 1.165) is 12.0 Å². The van der Waals surface area contributed by atoms with Crippen molar-refractivity contribution in [1.82, 2.24) is 5.32 Å². The van der Waals surface area contributed by atoms with Crippen molar-refractivity contribution in [2.45, 2.75) is 64.2 Å². The fourth-order valence-corrected chi connectivity index (χ4v) is 5.95. The standard InChI is InChI=1S/C28H35NO4/c1-18-9-8-12-22-15-19(2)20(3)25-23(16-21-10-6-5-7-11-21)29-26(31)28(22,25)33-24(30)13-14-27(4,32)17-18/h5-8,10-15,18,20,22-23,25,32H,9,16-17H2,1-4H3,(H,29,31)/b12-8+,14-13+/t18-,20+,22-,23-,25-,27+,28+/m0/s1. The SMILES string of the molecule is CC1=C[C@@H]2/C=C/C[C@H](C)C[C@](C)(O)/C=C/C(=O)O[C@]23C(=O)N[C@@H](Cc2ccccc2)[C@@H]3[C@@H]1C. The van der Waals surface area contributed by atoms with Gasteiger partial charge in [0.2, 0.25) is 5.60 Å². The molecule has 0 saturated carbocycles. The second-order valence-corrected chi connectivity index (χ2v) is 10.4. The van der Waals surface area contributed by atoms with Crippen molar-refractivity contribution in [1.29, 1.82) is 0 Å². The van der Waals surface area contributed by atoms with Crippen LogP contribution in [0.4, 0.5) is 0 Å². The number of esters is 1. The molecule has 2 aliphatic heterocycles. The quantitative estimate of drug-likeness (QED) is 0.526. The molecule has 176 valence electrons. The van der Waals surface area contributed by atoms with Gasteiger partial charge in [0.05, 0.1) is 5.60 Å². The van der Waals surface area contributed by atoms with Gasteiger partial charge in [-0.1, -0.05) is 68.0 Å². The lowest BCUT2D eigenvalue weighted by Crippen LogP contribution is -2.56. The second kappa shape index (κ2) is 8.94. The number of aliphatic hydroxyl groups is 1. The molecule has 1 aliphatic carbocycles. The molecule has 4 rings (SSSR count). The molecule has 1 saturated heterocycles. The number of carbonyl (C=O) groups excluding carboxylic acids is 2. The number of allylic oxidation sites excluding steroid dienone is 2. The Morgan fingerprint density at radius 2 is 1.91 bits per heavy atom. The van der Waals surface area contributed by atoms with E-state index < -0.39 is 17.2 Å². The fourth-order valence-electron chi connectivity index (χ4n) is 5.95. The third kappa shape index (κ3) is 4.56. The van der Waals surface area contributed by atoms with Crippen LogP contribution in [0.3, 0.4) is 0 Å². The van der Waals surface area contributed by atoms with Gasteiger partial charge in [0, 0.05) is 24.0 Å². The molecule has 5 heteroatoms. The average Bonchev–Trinajstić information content (AvgIpc) is 3.02. The highest BCUT2D eigenvalue weighted by atomic mass is 16.6. The van der Waals surface area contributed by atoms with E-state index in [1.807, 2.05) is 24.3 Å². The first-order valence-corrected chi connectivity index (χ1v) is 12.0. The maximum absolute atomic E-state index is 13.6. The minimum Gasteiger partial charge on any atom is -0.444 e. The summed E-state index contributed by atoms with van der Waals surface area (Å²) < 4.78 is 6.11. The van der Waals surface area contributed by atoms with Crippen LogP contribution in [-0.4, -0.2) is 34.2 Å². The van der Waals surface area contributed by atoms with Gasteiger partial charge in [-0.3, -0.25) is 4.79 Å². The van der Waals surface area contributed by atoms with Crippen molar-refractivity contribution < 1.29 is 19.4 Å². The van der Waals surface area contributed by atoms with Gasteiger partial charge < -0.3 is 15.2 Å². The Morgan fingerprint density at radius 1 is 1.18 bits per heavy atom. The van der Waals surface area contributed by atoms with Gasteiger partial charge in [0.1, 0.15) is 0 Å². The molecule has 0 bridgehead atoms. The zero-order valence-electron chi connectivity index (χ0n) is 20.0. The zero-order chi connectivity index (χ0) is 23.8. The maximum Gasteiger partial charge on any atom is 0.331 e. The summed E-state index contributed by atoms with van der Waals surface area (Å²) in [5.74, 6) is -1.10. The van der Waals surface area contributed by atoms with E-state index in [1.54, 1.807) is 6.92 Å². The zero-order valence-corrected chi connectivity index (χ0v) is 20.0. The van der Waals surface area contributed by atoms with E-state index in [4.69, 9.17) is 4.74 Å². The second-order valence-electron chi connectivity index (χ2n) is 10.4. The number of carbonyl (C=O) groups is 2. The number of hydrogen-bond acceptors (Lipinski definition) is 4. The molecular formula is C28H35NO4. The minimum atomic E-state index is -1.31. The molecule has 2 N–H and O–H groups in total.